The minimum Gasteiger partial charge on any atom is -0.489 e. The zero-order valence-corrected chi connectivity index (χ0v) is 29.1. The van der Waals surface area contributed by atoms with Crippen molar-refractivity contribution in [1.82, 2.24) is 10.6 Å². The Morgan fingerprint density at radius 1 is 0.918 bits per heavy atom. The van der Waals surface area contributed by atoms with Crippen LogP contribution in [0.4, 0.5) is 0 Å². The Balaban J connectivity index is 1.36. The van der Waals surface area contributed by atoms with Crippen molar-refractivity contribution < 1.29 is 29.0 Å². The molecule has 0 saturated carbocycles. The molecule has 1 heterocycles. The van der Waals surface area contributed by atoms with Crippen LogP contribution in [0.15, 0.2) is 97.1 Å². The molecule has 1 aliphatic rings. The van der Waals surface area contributed by atoms with Crippen molar-refractivity contribution in [2.45, 2.75) is 84.4 Å². The molecule has 3 aromatic rings. The van der Waals surface area contributed by atoms with E-state index < -0.39 is 23.4 Å². The zero-order valence-electron chi connectivity index (χ0n) is 29.1. The van der Waals surface area contributed by atoms with E-state index in [1.807, 2.05) is 118 Å². The van der Waals surface area contributed by atoms with Gasteiger partial charge < -0.3 is 25.2 Å². The molecule has 3 aromatic carbocycles. The van der Waals surface area contributed by atoms with Gasteiger partial charge in [-0.05, 0) is 72.8 Å². The Morgan fingerprint density at radius 3 is 2.24 bits per heavy atom. The van der Waals surface area contributed by atoms with Crippen LogP contribution in [-0.2, 0) is 38.6 Å². The summed E-state index contributed by atoms with van der Waals surface area (Å²) in [5, 5.41) is 16.1. The summed E-state index contributed by atoms with van der Waals surface area (Å²) in [7, 11) is 0. The van der Waals surface area contributed by atoms with Gasteiger partial charge in [0.1, 0.15) is 19.0 Å². The number of ether oxygens (including phenoxy) is 2. The van der Waals surface area contributed by atoms with Gasteiger partial charge >= 0.3 is 5.97 Å². The summed E-state index contributed by atoms with van der Waals surface area (Å²) in [4.78, 5) is 40.2. The smallest absolute Gasteiger partial charge is 0.309 e. The fraction of sp³-hybridized carbons (Fsp3) is 0.439. The van der Waals surface area contributed by atoms with E-state index >= 15 is 0 Å². The van der Waals surface area contributed by atoms with Crippen molar-refractivity contribution in [3.8, 4) is 5.75 Å². The van der Waals surface area contributed by atoms with Crippen LogP contribution in [0.25, 0.3) is 0 Å². The maximum Gasteiger partial charge on any atom is 0.309 e. The molecule has 4 rings (SSSR count). The first-order valence-corrected chi connectivity index (χ1v) is 17.4. The van der Waals surface area contributed by atoms with Crippen molar-refractivity contribution in [1.29, 1.82) is 0 Å². The third-order valence-electron chi connectivity index (χ3n) is 8.96. The first-order chi connectivity index (χ1) is 23.6. The second kappa shape index (κ2) is 18.9. The summed E-state index contributed by atoms with van der Waals surface area (Å²) >= 11 is 0. The van der Waals surface area contributed by atoms with E-state index in [-0.39, 0.29) is 43.3 Å². The van der Waals surface area contributed by atoms with Crippen LogP contribution >= 0.6 is 0 Å². The van der Waals surface area contributed by atoms with Crippen LogP contribution in [0.2, 0.25) is 0 Å². The number of nitrogens with one attached hydrogen (secondary N) is 2. The highest BCUT2D eigenvalue weighted by atomic mass is 16.5. The van der Waals surface area contributed by atoms with Gasteiger partial charge in [0.05, 0.1) is 30.5 Å². The van der Waals surface area contributed by atoms with Gasteiger partial charge in [0, 0.05) is 6.42 Å². The number of benzene rings is 3. The van der Waals surface area contributed by atoms with E-state index in [2.05, 4.69) is 10.6 Å². The molecule has 262 valence electrons. The minimum atomic E-state index is -0.619. The molecule has 0 radical (unpaired) electrons. The van der Waals surface area contributed by atoms with Gasteiger partial charge in [0.25, 0.3) is 0 Å². The molecule has 8 nitrogen and oxygen atoms in total. The SMILES string of the molecule is CC(C)(C)C1COC(=O)C(Cc2ccccc2)CCCC=CCC(CC(=O)NC(CO)Cc2ccc(OCc3ccccc3)cc2)C(=O)N1. The number of rotatable bonds is 11. The first kappa shape index (κ1) is 37.4. The number of carbonyl (C=O) groups excluding carboxylic acids is 3. The molecule has 8 heteroatoms. The van der Waals surface area contributed by atoms with Gasteiger partial charge in [-0.1, -0.05) is 106 Å². The van der Waals surface area contributed by atoms with Gasteiger partial charge in [0.15, 0.2) is 0 Å². The predicted octanol–water partition coefficient (Wildman–Crippen LogP) is 6.35. The quantitative estimate of drug-likeness (QED) is 0.162. The molecule has 0 aromatic heterocycles. The molecule has 49 heavy (non-hydrogen) atoms. The predicted molar refractivity (Wildman–Crippen MR) is 192 cm³/mol. The van der Waals surface area contributed by atoms with E-state index in [0.29, 0.717) is 32.3 Å². The number of hydrogen-bond acceptors (Lipinski definition) is 6. The van der Waals surface area contributed by atoms with Crippen molar-refractivity contribution in [2.24, 2.45) is 17.3 Å². The second-order valence-electron chi connectivity index (χ2n) is 14.1. The molecular formula is C41H52N2O6. The second-order valence-corrected chi connectivity index (χ2v) is 14.1. The van der Waals surface area contributed by atoms with Gasteiger partial charge in [-0.15, -0.1) is 0 Å². The maximum atomic E-state index is 13.7. The van der Waals surface area contributed by atoms with Gasteiger partial charge in [-0.25, -0.2) is 0 Å². The average molecular weight is 669 g/mol. The number of aliphatic hydroxyl groups is 1. The Labute approximate surface area is 291 Å². The highest BCUT2D eigenvalue weighted by Gasteiger charge is 2.32. The molecule has 0 saturated heterocycles. The first-order valence-electron chi connectivity index (χ1n) is 17.4. The molecule has 0 bridgehead atoms. The average Bonchev–Trinajstić information content (AvgIpc) is 3.09. The molecule has 0 spiro atoms. The van der Waals surface area contributed by atoms with E-state index in [0.717, 1.165) is 35.3 Å². The van der Waals surface area contributed by atoms with Crippen LogP contribution in [0.5, 0.6) is 5.75 Å². The number of hydrogen-bond donors (Lipinski definition) is 3. The Kier molecular flexibility index (Phi) is 14.5. The Bertz CT molecular complexity index is 1480. The van der Waals surface area contributed by atoms with Crippen LogP contribution in [0.1, 0.15) is 69.6 Å². The van der Waals surface area contributed by atoms with E-state index in [4.69, 9.17) is 9.47 Å². The lowest BCUT2D eigenvalue weighted by Crippen LogP contribution is -2.50. The Morgan fingerprint density at radius 2 is 1.59 bits per heavy atom. The number of carbonyl (C=O) groups is 3. The lowest BCUT2D eigenvalue weighted by molar-refractivity contribution is -0.151. The number of esters is 1. The molecule has 4 atom stereocenters. The Hall–Kier alpha value is -4.43. The number of cyclic esters (lactones) is 1. The van der Waals surface area contributed by atoms with Gasteiger partial charge in [-0.3, -0.25) is 14.4 Å². The topological polar surface area (TPSA) is 114 Å². The van der Waals surface area contributed by atoms with Crippen molar-refractivity contribution in [2.75, 3.05) is 13.2 Å². The molecule has 1 aliphatic heterocycles. The minimum absolute atomic E-state index is 0.0330. The standard InChI is InChI=1S/C41H52N2O6/c1-41(2,3)37-29-49-40(47)34(24-30-14-8-6-9-15-30)19-13-5-4-12-18-33(39(46)43-37)26-38(45)42-35(27-44)25-31-20-22-36(23-21-31)48-28-32-16-10-7-11-17-32/h4,6-12,14-17,20-23,33-35,37,44H,5,13,18-19,24-29H2,1-3H3,(H,42,45)(H,43,46). The molecule has 4 unspecified atom stereocenters. The fourth-order valence-corrected chi connectivity index (χ4v) is 5.85. The van der Waals surface area contributed by atoms with Crippen LogP contribution in [0, 0.1) is 17.3 Å². The van der Waals surface area contributed by atoms with Gasteiger partial charge in [-0.2, -0.15) is 0 Å². The fourth-order valence-electron chi connectivity index (χ4n) is 5.85. The van der Waals surface area contributed by atoms with Crippen molar-refractivity contribution in [3.63, 3.8) is 0 Å². The third kappa shape index (κ3) is 12.8. The number of aliphatic hydroxyl groups excluding tert-OH is 1. The summed E-state index contributed by atoms with van der Waals surface area (Å²) < 4.78 is 11.7. The lowest BCUT2D eigenvalue weighted by atomic mass is 9.86. The number of amides is 2. The van der Waals surface area contributed by atoms with Crippen molar-refractivity contribution >= 4 is 17.8 Å². The molecule has 2 amide bonds. The summed E-state index contributed by atoms with van der Waals surface area (Å²) in [5.74, 6) is -0.976. The van der Waals surface area contributed by atoms with Crippen LogP contribution < -0.4 is 15.4 Å². The summed E-state index contributed by atoms with van der Waals surface area (Å²) in [6.07, 6.45) is 7.66. The summed E-state index contributed by atoms with van der Waals surface area (Å²) in [5.41, 5.74) is 2.72. The molecule has 3 N–H and O–H groups in total. The van der Waals surface area contributed by atoms with Crippen molar-refractivity contribution in [3.05, 3.63) is 114 Å². The lowest BCUT2D eigenvalue weighted by Gasteiger charge is -2.33. The van der Waals surface area contributed by atoms with E-state index in [1.54, 1.807) is 0 Å². The molecule has 0 fully saturated rings. The maximum absolute atomic E-state index is 13.7. The van der Waals surface area contributed by atoms with Gasteiger partial charge in [0.2, 0.25) is 11.8 Å². The third-order valence-corrected chi connectivity index (χ3v) is 8.96. The summed E-state index contributed by atoms with van der Waals surface area (Å²) in [6.45, 7) is 6.26. The number of allylic oxidation sites excluding steroid dienone is 2. The normalized spacial score (nSPS) is 20.0. The highest BCUT2D eigenvalue weighted by molar-refractivity contribution is 5.86. The van der Waals surface area contributed by atoms with Crippen LogP contribution in [0.3, 0.4) is 0 Å². The molecular weight excluding hydrogens is 616 g/mol. The summed E-state index contributed by atoms with van der Waals surface area (Å²) in [6, 6.07) is 26.6. The zero-order chi connectivity index (χ0) is 35.1. The monoisotopic (exact) mass is 668 g/mol. The highest BCUT2D eigenvalue weighted by Crippen LogP contribution is 2.24. The largest absolute Gasteiger partial charge is 0.489 e. The van der Waals surface area contributed by atoms with Crippen LogP contribution in [-0.4, -0.2) is 48.2 Å². The van der Waals surface area contributed by atoms with E-state index in [1.165, 1.54) is 0 Å². The molecule has 0 aliphatic carbocycles. The van der Waals surface area contributed by atoms with E-state index in [9.17, 15) is 19.5 Å².